The first kappa shape index (κ1) is 18.3. The Morgan fingerprint density at radius 3 is 2.64 bits per heavy atom. The third-order valence-corrected chi connectivity index (χ3v) is 5.59. The number of anilines is 1. The Morgan fingerprint density at radius 2 is 1.86 bits per heavy atom. The summed E-state index contributed by atoms with van der Waals surface area (Å²) < 4.78 is 6.50. The highest BCUT2D eigenvalue weighted by Crippen LogP contribution is 2.24. The first-order valence-corrected chi connectivity index (χ1v) is 9.91. The summed E-state index contributed by atoms with van der Waals surface area (Å²) in [6, 6.07) is 14.4. The molecule has 1 aromatic heterocycles. The van der Waals surface area contributed by atoms with Gasteiger partial charge in [-0.15, -0.1) is 11.3 Å². The molecule has 1 aliphatic rings. The Hall–Kier alpha value is -3.06. The number of hydrogen-bond donors (Lipinski definition) is 0. The molecule has 0 N–H and O–H groups in total. The number of thiazole rings is 1. The summed E-state index contributed by atoms with van der Waals surface area (Å²) in [5, 5.41) is 1.02. The Bertz CT molecular complexity index is 1010. The van der Waals surface area contributed by atoms with Crippen LogP contribution in [0.5, 0.6) is 0 Å². The van der Waals surface area contributed by atoms with Crippen LogP contribution in [0.25, 0.3) is 10.2 Å². The van der Waals surface area contributed by atoms with Gasteiger partial charge in [-0.2, -0.15) is 0 Å². The predicted molar refractivity (Wildman–Crippen MR) is 106 cm³/mol. The number of rotatable bonds is 6. The van der Waals surface area contributed by atoms with Gasteiger partial charge in [0.2, 0.25) is 11.8 Å². The maximum atomic E-state index is 12.3. The third kappa shape index (κ3) is 3.80. The first-order chi connectivity index (χ1) is 13.6. The van der Waals surface area contributed by atoms with E-state index in [-0.39, 0.29) is 31.3 Å². The molecule has 6 nitrogen and oxygen atoms in total. The van der Waals surface area contributed by atoms with Crippen LogP contribution in [0.15, 0.2) is 48.5 Å². The topological polar surface area (TPSA) is 76.6 Å². The van der Waals surface area contributed by atoms with E-state index < -0.39 is 5.97 Å². The highest BCUT2D eigenvalue weighted by Gasteiger charge is 2.30. The largest absolute Gasteiger partial charge is 0.462 e. The summed E-state index contributed by atoms with van der Waals surface area (Å²) in [7, 11) is 0. The number of carbonyl (C=O) groups excluding carboxylic acids is 3. The highest BCUT2D eigenvalue weighted by molar-refractivity contribution is 7.18. The molecule has 7 heteroatoms. The molecule has 0 unspecified atom stereocenters. The number of aryl methyl sites for hydroxylation is 1. The molecule has 4 rings (SSSR count). The number of para-hydroxylation sites is 1. The lowest BCUT2D eigenvalue weighted by Crippen LogP contribution is -2.28. The first-order valence-electron chi connectivity index (χ1n) is 9.09. The minimum Gasteiger partial charge on any atom is -0.462 e. The van der Waals surface area contributed by atoms with Crippen molar-refractivity contribution >= 4 is 45.0 Å². The van der Waals surface area contributed by atoms with Crippen molar-refractivity contribution in [3.05, 3.63) is 59.1 Å². The van der Waals surface area contributed by atoms with Crippen LogP contribution in [-0.4, -0.2) is 29.4 Å². The summed E-state index contributed by atoms with van der Waals surface area (Å²) in [6.07, 6.45) is 1.83. The number of fused-ring (bicyclic) bond motifs is 1. The molecule has 0 atom stereocenters. The lowest BCUT2D eigenvalue weighted by molar-refractivity contribution is -0.121. The molecule has 28 heavy (non-hydrogen) atoms. The van der Waals surface area contributed by atoms with Crippen molar-refractivity contribution < 1.29 is 19.1 Å². The van der Waals surface area contributed by atoms with Crippen molar-refractivity contribution in [1.29, 1.82) is 0 Å². The van der Waals surface area contributed by atoms with Crippen molar-refractivity contribution in [3.63, 3.8) is 0 Å². The minimum atomic E-state index is -0.467. The molecule has 0 saturated carbocycles. The van der Waals surface area contributed by atoms with Gasteiger partial charge in [-0.1, -0.05) is 18.2 Å². The molecule has 1 aliphatic heterocycles. The van der Waals surface area contributed by atoms with E-state index in [2.05, 4.69) is 4.98 Å². The number of hydrogen-bond acceptors (Lipinski definition) is 6. The Balaban J connectivity index is 1.33. The average molecular weight is 394 g/mol. The van der Waals surface area contributed by atoms with E-state index in [1.807, 2.05) is 24.3 Å². The van der Waals surface area contributed by atoms with E-state index in [0.29, 0.717) is 17.7 Å². The number of amides is 2. The molecule has 142 valence electrons. The minimum absolute atomic E-state index is 0.208. The van der Waals surface area contributed by atoms with Gasteiger partial charge in [0.25, 0.3) is 0 Å². The van der Waals surface area contributed by atoms with Crippen LogP contribution >= 0.6 is 11.3 Å². The summed E-state index contributed by atoms with van der Waals surface area (Å²) >= 11 is 1.65. The van der Waals surface area contributed by atoms with Crippen LogP contribution in [0.4, 0.5) is 5.69 Å². The fourth-order valence-electron chi connectivity index (χ4n) is 3.13. The molecule has 1 saturated heterocycles. The second-order valence-electron chi connectivity index (χ2n) is 6.49. The molecule has 2 aromatic carbocycles. The quantitative estimate of drug-likeness (QED) is 0.362. The number of carbonyl (C=O) groups is 3. The number of imide groups is 1. The Kier molecular flexibility index (Phi) is 5.16. The molecule has 0 bridgehead atoms. The molecule has 3 aromatic rings. The maximum Gasteiger partial charge on any atom is 0.338 e. The van der Waals surface area contributed by atoms with Crippen molar-refractivity contribution in [3.8, 4) is 0 Å². The molecule has 0 aliphatic carbocycles. The van der Waals surface area contributed by atoms with Crippen molar-refractivity contribution in [1.82, 2.24) is 4.98 Å². The average Bonchev–Trinajstić information content (AvgIpc) is 3.27. The van der Waals surface area contributed by atoms with E-state index in [9.17, 15) is 14.4 Å². The van der Waals surface area contributed by atoms with Crippen LogP contribution in [0, 0.1) is 0 Å². The van der Waals surface area contributed by atoms with E-state index in [0.717, 1.165) is 26.5 Å². The number of nitrogens with zero attached hydrogens (tertiary/aromatic N) is 2. The van der Waals surface area contributed by atoms with Gasteiger partial charge in [-0.05, 0) is 36.8 Å². The van der Waals surface area contributed by atoms with Gasteiger partial charge in [0.15, 0.2) is 0 Å². The number of esters is 1. The summed E-state index contributed by atoms with van der Waals surface area (Å²) in [6.45, 7) is 0.278. The SMILES string of the molecule is O=C(OCCCc1nc2ccccc2s1)c1cccc(N2C(=O)CCC2=O)c1. The van der Waals surface area contributed by atoms with Crippen LogP contribution < -0.4 is 4.90 Å². The lowest BCUT2D eigenvalue weighted by atomic mass is 10.2. The van der Waals surface area contributed by atoms with Crippen molar-refractivity contribution in [2.24, 2.45) is 0 Å². The van der Waals surface area contributed by atoms with Crippen molar-refractivity contribution in [2.45, 2.75) is 25.7 Å². The zero-order valence-electron chi connectivity index (χ0n) is 15.1. The molecule has 2 heterocycles. The Morgan fingerprint density at radius 1 is 1.07 bits per heavy atom. The molecule has 0 radical (unpaired) electrons. The van der Waals surface area contributed by atoms with Crippen LogP contribution in [0.2, 0.25) is 0 Å². The van der Waals surface area contributed by atoms with Gasteiger partial charge in [0.1, 0.15) is 0 Å². The van der Waals surface area contributed by atoms with E-state index in [1.165, 1.54) is 6.07 Å². The standard InChI is InChI=1S/C21H18N2O4S/c24-19-10-11-20(25)23(19)15-6-3-5-14(13-15)21(26)27-12-4-9-18-22-16-7-1-2-8-17(16)28-18/h1-3,5-8,13H,4,9-12H2. The van der Waals surface area contributed by atoms with Gasteiger partial charge in [0.05, 0.1) is 33.1 Å². The van der Waals surface area contributed by atoms with Gasteiger partial charge in [-0.3, -0.25) is 14.5 Å². The van der Waals surface area contributed by atoms with Crippen LogP contribution in [0.3, 0.4) is 0 Å². The molecule has 1 fully saturated rings. The Labute approximate surface area is 165 Å². The normalized spacial score (nSPS) is 14.1. The number of benzene rings is 2. The zero-order valence-corrected chi connectivity index (χ0v) is 15.9. The van der Waals surface area contributed by atoms with E-state index in [1.54, 1.807) is 29.5 Å². The van der Waals surface area contributed by atoms with E-state index >= 15 is 0 Å². The van der Waals surface area contributed by atoms with E-state index in [4.69, 9.17) is 4.74 Å². The van der Waals surface area contributed by atoms with Gasteiger partial charge >= 0.3 is 5.97 Å². The fraction of sp³-hybridized carbons (Fsp3) is 0.238. The van der Waals surface area contributed by atoms with Crippen LogP contribution in [0.1, 0.15) is 34.6 Å². The maximum absolute atomic E-state index is 12.3. The molecule has 0 spiro atoms. The van der Waals surface area contributed by atoms with Gasteiger partial charge in [-0.25, -0.2) is 9.78 Å². The predicted octanol–water partition coefficient (Wildman–Crippen LogP) is 3.74. The summed E-state index contributed by atoms with van der Waals surface area (Å²) in [5.41, 5.74) is 1.73. The van der Waals surface area contributed by atoms with Crippen molar-refractivity contribution in [2.75, 3.05) is 11.5 Å². The number of aromatic nitrogens is 1. The van der Waals surface area contributed by atoms with Crippen LogP contribution in [-0.2, 0) is 20.7 Å². The summed E-state index contributed by atoms with van der Waals surface area (Å²) in [5.74, 6) is -0.956. The molecule has 2 amide bonds. The fourth-order valence-corrected chi connectivity index (χ4v) is 4.14. The zero-order chi connectivity index (χ0) is 19.5. The monoisotopic (exact) mass is 394 g/mol. The second-order valence-corrected chi connectivity index (χ2v) is 7.60. The summed E-state index contributed by atoms with van der Waals surface area (Å²) in [4.78, 5) is 41.7. The molecular weight excluding hydrogens is 376 g/mol. The highest BCUT2D eigenvalue weighted by atomic mass is 32.1. The lowest BCUT2D eigenvalue weighted by Gasteiger charge is -2.14. The number of ether oxygens (including phenoxy) is 1. The smallest absolute Gasteiger partial charge is 0.338 e. The van der Waals surface area contributed by atoms with Gasteiger partial charge in [0, 0.05) is 19.3 Å². The molecular formula is C21H18N2O4S. The van der Waals surface area contributed by atoms with Gasteiger partial charge < -0.3 is 4.74 Å². The third-order valence-electron chi connectivity index (χ3n) is 4.50. The second kappa shape index (κ2) is 7.90.